The first-order valence-corrected chi connectivity index (χ1v) is 8.16. The molecule has 0 aliphatic carbocycles. The van der Waals surface area contributed by atoms with Gasteiger partial charge in [0.2, 0.25) is 0 Å². The van der Waals surface area contributed by atoms with Crippen molar-refractivity contribution < 1.29 is 14.3 Å². The molecule has 0 unspecified atom stereocenters. The third-order valence-electron chi connectivity index (χ3n) is 4.84. The van der Waals surface area contributed by atoms with Crippen LogP contribution < -0.4 is 0 Å². The van der Waals surface area contributed by atoms with E-state index in [1.165, 1.54) is 0 Å². The number of hydrogen-bond donors (Lipinski definition) is 0. The number of hydrogen-bond acceptors (Lipinski definition) is 3. The number of carbonyl (C=O) groups is 1. The number of ether oxygens (including phenoxy) is 2. The summed E-state index contributed by atoms with van der Waals surface area (Å²) >= 11 is 0. The molecule has 1 spiro atoms. The van der Waals surface area contributed by atoms with Crippen molar-refractivity contribution in [1.29, 1.82) is 0 Å². The van der Waals surface area contributed by atoms with Gasteiger partial charge in [-0.3, -0.25) is 4.79 Å². The van der Waals surface area contributed by atoms with Crippen molar-refractivity contribution in [2.24, 2.45) is 0 Å². The zero-order chi connectivity index (χ0) is 17.2. The Bertz CT molecular complexity index is 642. The SMILES string of the molecule is C=CCN1C(=O)[C@@H](OCc2ccccc2)[C@]12C[C@@H](C=C)O[C@H]2C=C. The summed E-state index contributed by atoms with van der Waals surface area (Å²) in [7, 11) is 0. The molecule has 24 heavy (non-hydrogen) atoms. The summed E-state index contributed by atoms with van der Waals surface area (Å²) in [6.07, 6.45) is 4.99. The second kappa shape index (κ2) is 6.75. The van der Waals surface area contributed by atoms with Crippen LogP contribution in [0.15, 0.2) is 68.3 Å². The van der Waals surface area contributed by atoms with Crippen LogP contribution in [0.4, 0.5) is 0 Å². The van der Waals surface area contributed by atoms with Gasteiger partial charge in [-0.1, -0.05) is 48.6 Å². The largest absolute Gasteiger partial charge is 0.364 e. The fourth-order valence-electron chi connectivity index (χ4n) is 3.71. The van der Waals surface area contributed by atoms with E-state index in [1.54, 1.807) is 23.1 Å². The first-order valence-electron chi connectivity index (χ1n) is 8.16. The highest BCUT2D eigenvalue weighted by molar-refractivity contribution is 5.91. The molecule has 126 valence electrons. The van der Waals surface area contributed by atoms with E-state index in [4.69, 9.17) is 9.47 Å². The predicted molar refractivity (Wildman–Crippen MR) is 93.3 cm³/mol. The average molecular weight is 325 g/mol. The minimum absolute atomic E-state index is 0.0222. The van der Waals surface area contributed by atoms with Gasteiger partial charge >= 0.3 is 0 Å². The molecule has 0 N–H and O–H groups in total. The molecule has 2 heterocycles. The highest BCUT2D eigenvalue weighted by Crippen LogP contribution is 2.48. The summed E-state index contributed by atoms with van der Waals surface area (Å²) in [5.74, 6) is -0.0222. The van der Waals surface area contributed by atoms with Crippen LogP contribution in [0.25, 0.3) is 0 Å². The van der Waals surface area contributed by atoms with Gasteiger partial charge in [0.25, 0.3) is 5.91 Å². The van der Waals surface area contributed by atoms with Gasteiger partial charge in [-0.2, -0.15) is 0 Å². The minimum atomic E-state index is -0.536. The van der Waals surface area contributed by atoms with Crippen molar-refractivity contribution in [2.45, 2.75) is 36.9 Å². The molecular weight excluding hydrogens is 302 g/mol. The third-order valence-corrected chi connectivity index (χ3v) is 4.84. The Balaban J connectivity index is 1.84. The van der Waals surface area contributed by atoms with Crippen molar-refractivity contribution in [3.8, 4) is 0 Å². The zero-order valence-electron chi connectivity index (χ0n) is 13.8. The molecule has 2 fully saturated rings. The number of benzene rings is 1. The molecule has 4 atom stereocenters. The van der Waals surface area contributed by atoms with Gasteiger partial charge in [0.1, 0.15) is 11.6 Å². The third kappa shape index (κ3) is 2.52. The molecule has 1 aromatic rings. The highest BCUT2D eigenvalue weighted by atomic mass is 16.5. The fourth-order valence-corrected chi connectivity index (χ4v) is 3.71. The Morgan fingerprint density at radius 2 is 2.00 bits per heavy atom. The van der Waals surface area contributed by atoms with E-state index in [2.05, 4.69) is 19.7 Å². The highest BCUT2D eigenvalue weighted by Gasteiger charge is 2.67. The van der Waals surface area contributed by atoms with Crippen molar-refractivity contribution in [3.63, 3.8) is 0 Å². The first-order chi connectivity index (χ1) is 11.7. The normalized spacial score (nSPS) is 31.8. The summed E-state index contributed by atoms with van der Waals surface area (Å²) in [4.78, 5) is 14.4. The van der Waals surface area contributed by atoms with E-state index in [9.17, 15) is 4.79 Å². The molecular formula is C20H23NO3. The quantitative estimate of drug-likeness (QED) is 0.571. The molecule has 0 radical (unpaired) electrons. The molecule has 2 saturated heterocycles. The Morgan fingerprint density at radius 3 is 2.62 bits per heavy atom. The summed E-state index contributed by atoms with van der Waals surface area (Å²) < 4.78 is 12.0. The van der Waals surface area contributed by atoms with Crippen LogP contribution in [0.5, 0.6) is 0 Å². The second-order valence-electron chi connectivity index (χ2n) is 6.18. The maximum atomic E-state index is 12.6. The van der Waals surface area contributed by atoms with Crippen molar-refractivity contribution in [2.75, 3.05) is 6.54 Å². The van der Waals surface area contributed by atoms with Gasteiger partial charge in [-0.25, -0.2) is 0 Å². The zero-order valence-corrected chi connectivity index (χ0v) is 13.8. The van der Waals surface area contributed by atoms with Crippen molar-refractivity contribution in [1.82, 2.24) is 4.90 Å². The van der Waals surface area contributed by atoms with Gasteiger partial charge in [0, 0.05) is 13.0 Å². The van der Waals surface area contributed by atoms with E-state index < -0.39 is 11.6 Å². The summed E-state index contributed by atoms with van der Waals surface area (Å²) in [5, 5.41) is 0. The Morgan fingerprint density at radius 1 is 1.25 bits per heavy atom. The van der Waals surface area contributed by atoms with E-state index in [-0.39, 0.29) is 18.1 Å². The molecule has 3 rings (SSSR count). The lowest BCUT2D eigenvalue weighted by molar-refractivity contribution is -0.200. The molecule has 0 bridgehead atoms. The monoisotopic (exact) mass is 325 g/mol. The second-order valence-corrected chi connectivity index (χ2v) is 6.18. The average Bonchev–Trinajstić information content (AvgIpc) is 3.01. The topological polar surface area (TPSA) is 38.8 Å². The summed E-state index contributed by atoms with van der Waals surface area (Å²) in [5.41, 5.74) is 0.512. The van der Waals surface area contributed by atoms with Crippen LogP contribution in [-0.4, -0.2) is 41.2 Å². The molecule has 0 saturated carbocycles. The number of rotatable bonds is 7. The summed E-state index contributed by atoms with van der Waals surface area (Å²) in [6, 6.07) is 9.85. The smallest absolute Gasteiger partial charge is 0.255 e. The van der Waals surface area contributed by atoms with Crippen LogP contribution in [0.3, 0.4) is 0 Å². The molecule has 0 aromatic heterocycles. The van der Waals surface area contributed by atoms with Gasteiger partial charge in [-0.15, -0.1) is 19.7 Å². The van der Waals surface area contributed by atoms with Gasteiger partial charge < -0.3 is 14.4 Å². The molecule has 2 aliphatic heterocycles. The van der Waals surface area contributed by atoms with E-state index >= 15 is 0 Å². The lowest BCUT2D eigenvalue weighted by Gasteiger charge is -2.56. The Hall–Kier alpha value is -2.17. The number of amides is 1. The Kier molecular flexibility index (Phi) is 4.69. The lowest BCUT2D eigenvalue weighted by Crippen LogP contribution is -2.77. The summed E-state index contributed by atoms with van der Waals surface area (Å²) in [6.45, 7) is 12.3. The fraction of sp³-hybridized carbons (Fsp3) is 0.350. The van der Waals surface area contributed by atoms with Crippen molar-refractivity contribution in [3.05, 3.63) is 73.9 Å². The van der Waals surface area contributed by atoms with Crippen LogP contribution in [-0.2, 0) is 20.9 Å². The molecule has 4 nitrogen and oxygen atoms in total. The molecule has 2 aliphatic rings. The number of β-lactam (4-membered cyclic amide) rings is 1. The van der Waals surface area contributed by atoms with Gasteiger partial charge in [0.15, 0.2) is 6.10 Å². The maximum absolute atomic E-state index is 12.6. The van der Waals surface area contributed by atoms with Crippen molar-refractivity contribution >= 4 is 5.91 Å². The number of likely N-dealkylation sites (tertiary alicyclic amines) is 1. The van der Waals surface area contributed by atoms with Crippen LogP contribution in [0.2, 0.25) is 0 Å². The Labute approximate surface area is 143 Å². The molecule has 4 heteroatoms. The number of nitrogens with zero attached hydrogens (tertiary/aromatic N) is 1. The van der Waals surface area contributed by atoms with E-state index in [1.807, 2.05) is 30.3 Å². The van der Waals surface area contributed by atoms with Crippen LogP contribution in [0.1, 0.15) is 12.0 Å². The first kappa shape index (κ1) is 16.7. The lowest BCUT2D eigenvalue weighted by atomic mass is 9.73. The van der Waals surface area contributed by atoms with E-state index in [0.29, 0.717) is 19.6 Å². The molecule has 1 amide bonds. The molecule has 1 aromatic carbocycles. The maximum Gasteiger partial charge on any atom is 0.255 e. The van der Waals surface area contributed by atoms with Gasteiger partial charge in [-0.05, 0) is 5.56 Å². The minimum Gasteiger partial charge on any atom is -0.364 e. The predicted octanol–water partition coefficient (Wildman–Crippen LogP) is 2.87. The van der Waals surface area contributed by atoms with E-state index in [0.717, 1.165) is 5.56 Å². The standard InChI is InChI=1S/C20H23NO3/c1-4-12-21-19(22)18(23-14-15-10-8-7-9-11-15)20(21)13-16(5-2)24-17(20)6-3/h4-11,16-18H,1-3,12-14H2/t16-,17+,18-,20-/m1/s1. The van der Waals surface area contributed by atoms with Gasteiger partial charge in [0.05, 0.1) is 12.7 Å². The van der Waals surface area contributed by atoms with Crippen LogP contribution >= 0.6 is 0 Å². The number of carbonyl (C=O) groups excluding carboxylic acids is 1. The van der Waals surface area contributed by atoms with Crippen LogP contribution in [0, 0.1) is 0 Å².